The highest BCUT2D eigenvalue weighted by molar-refractivity contribution is 5.88. The van der Waals surface area contributed by atoms with Crippen LogP contribution in [0.4, 0.5) is 0 Å². The van der Waals surface area contributed by atoms with Crippen molar-refractivity contribution >= 4 is 5.97 Å². The van der Waals surface area contributed by atoms with Gasteiger partial charge in [-0.25, -0.2) is 4.79 Å². The van der Waals surface area contributed by atoms with Crippen LogP contribution in [-0.4, -0.2) is 32.6 Å². The summed E-state index contributed by atoms with van der Waals surface area (Å²) in [6.45, 7) is 0.476. The van der Waals surface area contributed by atoms with Crippen molar-refractivity contribution in [3.63, 3.8) is 0 Å². The molecule has 0 bridgehead atoms. The Bertz CT molecular complexity index is 446. The zero-order valence-corrected chi connectivity index (χ0v) is 8.20. The van der Waals surface area contributed by atoms with Crippen molar-refractivity contribution in [2.75, 3.05) is 7.11 Å². The Morgan fingerprint density at radius 1 is 1.47 bits per heavy atom. The van der Waals surface area contributed by atoms with E-state index in [1.54, 1.807) is 21.8 Å². The second-order valence-corrected chi connectivity index (χ2v) is 2.95. The first-order valence-corrected chi connectivity index (χ1v) is 4.38. The molecule has 0 fully saturated rings. The smallest absolute Gasteiger partial charge is 0.341 e. The predicted molar refractivity (Wildman–Crippen MR) is 51.2 cm³/mol. The molecular weight excluding hydrogens is 196 g/mol. The van der Waals surface area contributed by atoms with Crippen LogP contribution in [0.2, 0.25) is 0 Å². The van der Waals surface area contributed by atoms with Gasteiger partial charge in [0.25, 0.3) is 0 Å². The van der Waals surface area contributed by atoms with Crippen LogP contribution in [0.3, 0.4) is 0 Å². The lowest BCUT2D eigenvalue weighted by molar-refractivity contribution is 0.0600. The summed E-state index contributed by atoms with van der Waals surface area (Å²) in [6, 6.07) is 1.82. The van der Waals surface area contributed by atoms with Crippen LogP contribution in [-0.2, 0) is 11.4 Å². The van der Waals surface area contributed by atoms with Gasteiger partial charge in [0.15, 0.2) is 0 Å². The van der Waals surface area contributed by atoms with Gasteiger partial charge in [-0.05, 0) is 6.07 Å². The van der Waals surface area contributed by atoms with E-state index in [1.165, 1.54) is 13.3 Å². The van der Waals surface area contributed by atoms with Crippen LogP contribution in [0.25, 0.3) is 0 Å². The molecule has 0 atom stereocenters. The standard InChI is InChI=1S/C9H10N4O2/c1-15-9(14)8-5-11-13(6-8)7-12-4-2-3-10-12/h2-6H,7H2,1H3. The molecule has 2 rings (SSSR count). The lowest BCUT2D eigenvalue weighted by Crippen LogP contribution is -2.08. The number of hydrogen-bond donors (Lipinski definition) is 0. The molecule has 0 aliphatic rings. The minimum atomic E-state index is -0.387. The van der Waals surface area contributed by atoms with E-state index >= 15 is 0 Å². The predicted octanol–water partition coefficient (Wildman–Crippen LogP) is 0.372. The molecule has 0 saturated heterocycles. The fourth-order valence-electron chi connectivity index (χ4n) is 1.20. The number of ether oxygens (including phenoxy) is 1. The average molecular weight is 206 g/mol. The zero-order chi connectivity index (χ0) is 10.7. The topological polar surface area (TPSA) is 61.9 Å². The quantitative estimate of drug-likeness (QED) is 0.681. The minimum absolute atomic E-state index is 0.387. The third kappa shape index (κ3) is 2.04. The van der Waals surface area contributed by atoms with Crippen LogP contribution < -0.4 is 0 Å². The van der Waals surface area contributed by atoms with E-state index in [-0.39, 0.29) is 5.97 Å². The molecule has 6 heteroatoms. The average Bonchev–Trinajstić information content (AvgIpc) is 2.88. The number of rotatable bonds is 3. The van der Waals surface area contributed by atoms with E-state index in [0.29, 0.717) is 12.2 Å². The number of hydrogen-bond acceptors (Lipinski definition) is 4. The van der Waals surface area contributed by atoms with Crippen molar-refractivity contribution in [2.24, 2.45) is 0 Å². The van der Waals surface area contributed by atoms with Crippen molar-refractivity contribution in [3.8, 4) is 0 Å². The second kappa shape index (κ2) is 3.95. The van der Waals surface area contributed by atoms with Gasteiger partial charge < -0.3 is 4.74 Å². The third-order valence-electron chi connectivity index (χ3n) is 1.90. The first kappa shape index (κ1) is 9.45. The highest BCUT2D eigenvalue weighted by Crippen LogP contribution is 1.99. The largest absolute Gasteiger partial charge is 0.465 e. The molecule has 2 aromatic heterocycles. The fraction of sp³-hybridized carbons (Fsp3) is 0.222. The minimum Gasteiger partial charge on any atom is -0.465 e. The van der Waals surface area contributed by atoms with Crippen molar-refractivity contribution in [2.45, 2.75) is 6.67 Å². The highest BCUT2D eigenvalue weighted by Gasteiger charge is 2.07. The van der Waals surface area contributed by atoms with Gasteiger partial charge in [-0.3, -0.25) is 9.36 Å². The lowest BCUT2D eigenvalue weighted by atomic mass is 10.4. The fourth-order valence-corrected chi connectivity index (χ4v) is 1.20. The molecule has 0 amide bonds. The normalized spacial score (nSPS) is 10.2. The Morgan fingerprint density at radius 2 is 2.33 bits per heavy atom. The van der Waals surface area contributed by atoms with Crippen LogP contribution in [0.5, 0.6) is 0 Å². The summed E-state index contributed by atoms with van der Waals surface area (Å²) in [7, 11) is 1.34. The van der Waals surface area contributed by atoms with E-state index < -0.39 is 0 Å². The molecule has 0 spiro atoms. The maximum atomic E-state index is 11.1. The number of methoxy groups -OCH3 is 1. The maximum Gasteiger partial charge on any atom is 0.341 e. The summed E-state index contributed by atoms with van der Waals surface area (Å²) >= 11 is 0. The van der Waals surface area contributed by atoms with E-state index in [0.717, 1.165) is 0 Å². The maximum absolute atomic E-state index is 11.1. The van der Waals surface area contributed by atoms with Gasteiger partial charge in [-0.2, -0.15) is 10.2 Å². The van der Waals surface area contributed by atoms with Crippen LogP contribution in [0.15, 0.2) is 30.9 Å². The molecule has 15 heavy (non-hydrogen) atoms. The molecular formula is C9H10N4O2. The monoisotopic (exact) mass is 206 g/mol. The Kier molecular flexibility index (Phi) is 2.49. The van der Waals surface area contributed by atoms with Gasteiger partial charge in [-0.1, -0.05) is 0 Å². The van der Waals surface area contributed by atoms with E-state index in [4.69, 9.17) is 0 Å². The van der Waals surface area contributed by atoms with Gasteiger partial charge in [0, 0.05) is 18.6 Å². The second-order valence-electron chi connectivity index (χ2n) is 2.95. The number of aromatic nitrogens is 4. The van der Waals surface area contributed by atoms with Crippen LogP contribution in [0.1, 0.15) is 10.4 Å². The Hall–Kier alpha value is -2.11. The summed E-state index contributed by atoms with van der Waals surface area (Å²) < 4.78 is 7.88. The van der Waals surface area contributed by atoms with Gasteiger partial charge in [0.05, 0.1) is 18.9 Å². The van der Waals surface area contributed by atoms with Gasteiger partial charge in [-0.15, -0.1) is 0 Å². The molecule has 0 aliphatic heterocycles. The van der Waals surface area contributed by atoms with E-state index in [9.17, 15) is 4.79 Å². The van der Waals surface area contributed by atoms with Gasteiger partial charge >= 0.3 is 5.97 Å². The SMILES string of the molecule is COC(=O)c1cnn(Cn2cccn2)c1. The summed E-state index contributed by atoms with van der Waals surface area (Å²) in [5.74, 6) is -0.387. The first-order valence-electron chi connectivity index (χ1n) is 4.38. The van der Waals surface area contributed by atoms with Crippen molar-refractivity contribution < 1.29 is 9.53 Å². The molecule has 0 N–H and O–H groups in total. The van der Waals surface area contributed by atoms with Crippen molar-refractivity contribution in [1.29, 1.82) is 0 Å². The molecule has 6 nitrogen and oxygen atoms in total. The zero-order valence-electron chi connectivity index (χ0n) is 8.20. The van der Waals surface area contributed by atoms with Crippen molar-refractivity contribution in [3.05, 3.63) is 36.4 Å². The number of esters is 1. The molecule has 0 radical (unpaired) electrons. The highest BCUT2D eigenvalue weighted by atomic mass is 16.5. The number of carbonyl (C=O) groups is 1. The van der Waals surface area contributed by atoms with Crippen molar-refractivity contribution in [1.82, 2.24) is 19.6 Å². The molecule has 0 saturated carbocycles. The van der Waals surface area contributed by atoms with Gasteiger partial charge in [0.2, 0.25) is 0 Å². The molecule has 0 aromatic carbocycles. The number of nitrogens with zero attached hydrogens (tertiary/aromatic N) is 4. The van der Waals surface area contributed by atoms with Crippen LogP contribution in [0, 0.1) is 0 Å². The summed E-state index contributed by atoms with van der Waals surface area (Å²) in [5, 5.41) is 8.04. The summed E-state index contributed by atoms with van der Waals surface area (Å²) in [5.41, 5.74) is 0.435. The number of carbonyl (C=O) groups excluding carboxylic acids is 1. The first-order chi connectivity index (χ1) is 7.29. The third-order valence-corrected chi connectivity index (χ3v) is 1.90. The van der Waals surface area contributed by atoms with Gasteiger partial charge in [0.1, 0.15) is 6.67 Å². The molecule has 0 aliphatic carbocycles. The molecule has 0 unspecified atom stereocenters. The summed E-state index contributed by atoms with van der Waals surface area (Å²) in [4.78, 5) is 11.1. The Balaban J connectivity index is 2.11. The van der Waals surface area contributed by atoms with E-state index in [1.807, 2.05) is 12.3 Å². The lowest BCUT2D eigenvalue weighted by Gasteiger charge is -2.00. The molecule has 78 valence electrons. The van der Waals surface area contributed by atoms with E-state index in [2.05, 4.69) is 14.9 Å². The Labute approximate surface area is 86.1 Å². The molecule has 2 aromatic rings. The summed E-state index contributed by atoms with van der Waals surface area (Å²) in [6.07, 6.45) is 6.59. The Morgan fingerprint density at radius 3 is 3.00 bits per heavy atom. The molecule has 2 heterocycles. The van der Waals surface area contributed by atoms with Crippen LogP contribution >= 0.6 is 0 Å².